The van der Waals surface area contributed by atoms with Crippen LogP contribution in [0.1, 0.15) is 24.5 Å². The Morgan fingerprint density at radius 1 is 1.05 bits per heavy atom. The van der Waals surface area contributed by atoms with Gasteiger partial charge in [-0.25, -0.2) is 4.39 Å². The second kappa shape index (κ2) is 7.64. The molecule has 2 rings (SSSR count). The minimum Gasteiger partial charge on any atom is -0.493 e. The van der Waals surface area contributed by atoms with Crippen molar-refractivity contribution in [3.63, 3.8) is 0 Å². The lowest BCUT2D eigenvalue weighted by atomic mass is 10.2. The number of hydrogen-bond donors (Lipinski definition) is 1. The SMILES string of the molecule is CCCOc1ccc(CN)c(OCc2ccc(F)cc2)c1. The van der Waals surface area contributed by atoms with Crippen LogP contribution < -0.4 is 15.2 Å². The Morgan fingerprint density at radius 3 is 2.48 bits per heavy atom. The van der Waals surface area contributed by atoms with Gasteiger partial charge in [-0.2, -0.15) is 0 Å². The van der Waals surface area contributed by atoms with E-state index < -0.39 is 0 Å². The topological polar surface area (TPSA) is 44.5 Å². The summed E-state index contributed by atoms with van der Waals surface area (Å²) in [5.41, 5.74) is 7.54. The molecule has 0 aromatic heterocycles. The van der Waals surface area contributed by atoms with Gasteiger partial charge in [-0.1, -0.05) is 25.1 Å². The Labute approximate surface area is 124 Å². The number of hydrogen-bond acceptors (Lipinski definition) is 3. The van der Waals surface area contributed by atoms with Gasteiger partial charge >= 0.3 is 0 Å². The van der Waals surface area contributed by atoms with Gasteiger partial charge in [-0.05, 0) is 30.2 Å². The van der Waals surface area contributed by atoms with Crippen molar-refractivity contribution in [2.75, 3.05) is 6.61 Å². The largest absolute Gasteiger partial charge is 0.493 e. The van der Waals surface area contributed by atoms with E-state index in [1.165, 1.54) is 12.1 Å². The number of benzene rings is 2. The van der Waals surface area contributed by atoms with E-state index in [-0.39, 0.29) is 5.82 Å². The maximum Gasteiger partial charge on any atom is 0.127 e. The van der Waals surface area contributed by atoms with Crippen LogP contribution in [0.2, 0.25) is 0 Å². The molecule has 0 unspecified atom stereocenters. The van der Waals surface area contributed by atoms with Gasteiger partial charge in [0.1, 0.15) is 23.9 Å². The molecule has 2 N–H and O–H groups in total. The normalized spacial score (nSPS) is 10.4. The summed E-state index contributed by atoms with van der Waals surface area (Å²) in [6.07, 6.45) is 0.949. The third-order valence-electron chi connectivity index (χ3n) is 3.04. The van der Waals surface area contributed by atoms with Crippen molar-refractivity contribution in [3.8, 4) is 11.5 Å². The lowest BCUT2D eigenvalue weighted by molar-refractivity contribution is 0.292. The highest BCUT2D eigenvalue weighted by atomic mass is 19.1. The van der Waals surface area contributed by atoms with Gasteiger partial charge in [0.2, 0.25) is 0 Å². The first-order valence-corrected chi connectivity index (χ1v) is 7.06. The van der Waals surface area contributed by atoms with E-state index in [2.05, 4.69) is 6.92 Å². The number of rotatable bonds is 7. The average molecular weight is 289 g/mol. The van der Waals surface area contributed by atoms with Crippen molar-refractivity contribution in [1.29, 1.82) is 0 Å². The van der Waals surface area contributed by atoms with E-state index in [1.807, 2.05) is 18.2 Å². The first-order valence-electron chi connectivity index (χ1n) is 7.06. The van der Waals surface area contributed by atoms with Crippen LogP contribution in [0.15, 0.2) is 42.5 Å². The Bertz CT molecular complexity index is 570. The summed E-state index contributed by atoms with van der Waals surface area (Å²) in [7, 11) is 0. The van der Waals surface area contributed by atoms with E-state index >= 15 is 0 Å². The van der Waals surface area contributed by atoms with Crippen LogP contribution in [-0.4, -0.2) is 6.61 Å². The molecule has 0 atom stereocenters. The summed E-state index contributed by atoms with van der Waals surface area (Å²) in [5, 5.41) is 0. The molecule has 4 heteroatoms. The zero-order chi connectivity index (χ0) is 15.1. The fraction of sp³-hybridized carbons (Fsp3) is 0.294. The minimum absolute atomic E-state index is 0.253. The quantitative estimate of drug-likeness (QED) is 0.846. The third kappa shape index (κ3) is 4.46. The predicted molar refractivity (Wildman–Crippen MR) is 80.9 cm³/mol. The van der Waals surface area contributed by atoms with Crippen molar-refractivity contribution in [2.24, 2.45) is 5.73 Å². The summed E-state index contributed by atoms with van der Waals surface area (Å²) in [6, 6.07) is 11.9. The number of nitrogens with two attached hydrogens (primary N) is 1. The zero-order valence-corrected chi connectivity index (χ0v) is 12.1. The van der Waals surface area contributed by atoms with Crippen LogP contribution in [-0.2, 0) is 13.2 Å². The summed E-state index contributed by atoms with van der Waals surface area (Å²) in [5.74, 6) is 1.22. The molecule has 0 saturated heterocycles. The molecule has 2 aromatic carbocycles. The molecule has 0 heterocycles. The monoisotopic (exact) mass is 289 g/mol. The molecule has 112 valence electrons. The van der Waals surface area contributed by atoms with Crippen LogP contribution in [0.5, 0.6) is 11.5 Å². The Kier molecular flexibility index (Phi) is 5.58. The lowest BCUT2D eigenvalue weighted by Crippen LogP contribution is -2.04. The second-order valence-electron chi connectivity index (χ2n) is 4.74. The molecule has 0 saturated carbocycles. The van der Waals surface area contributed by atoms with Crippen molar-refractivity contribution >= 4 is 0 Å². The van der Waals surface area contributed by atoms with Crippen LogP contribution in [0.3, 0.4) is 0 Å². The second-order valence-corrected chi connectivity index (χ2v) is 4.74. The Hall–Kier alpha value is -2.07. The van der Waals surface area contributed by atoms with Crippen LogP contribution in [0.4, 0.5) is 4.39 Å². The van der Waals surface area contributed by atoms with Crippen LogP contribution in [0.25, 0.3) is 0 Å². The first-order chi connectivity index (χ1) is 10.2. The molecule has 2 aromatic rings. The number of ether oxygens (including phenoxy) is 2. The van der Waals surface area contributed by atoms with E-state index in [9.17, 15) is 4.39 Å². The molecule has 0 radical (unpaired) electrons. The molecular formula is C17H20FNO2. The standard InChI is InChI=1S/C17H20FNO2/c1-2-9-20-16-8-5-14(11-19)17(10-16)21-12-13-3-6-15(18)7-4-13/h3-8,10H,2,9,11-12,19H2,1H3. The highest BCUT2D eigenvalue weighted by Crippen LogP contribution is 2.25. The van der Waals surface area contributed by atoms with Gasteiger partial charge in [-0.15, -0.1) is 0 Å². The van der Waals surface area contributed by atoms with E-state index in [0.29, 0.717) is 25.5 Å². The zero-order valence-electron chi connectivity index (χ0n) is 12.1. The molecule has 0 amide bonds. The van der Waals surface area contributed by atoms with E-state index in [0.717, 1.165) is 23.3 Å². The van der Waals surface area contributed by atoms with E-state index in [4.69, 9.17) is 15.2 Å². The maximum absolute atomic E-state index is 12.9. The van der Waals surface area contributed by atoms with Gasteiger partial charge in [0.05, 0.1) is 6.61 Å². The summed E-state index contributed by atoms with van der Waals surface area (Å²) >= 11 is 0. The van der Waals surface area contributed by atoms with Gasteiger partial charge < -0.3 is 15.2 Å². The number of halogens is 1. The van der Waals surface area contributed by atoms with E-state index in [1.54, 1.807) is 12.1 Å². The minimum atomic E-state index is -0.253. The Morgan fingerprint density at radius 2 is 1.81 bits per heavy atom. The smallest absolute Gasteiger partial charge is 0.127 e. The lowest BCUT2D eigenvalue weighted by Gasteiger charge is -2.13. The van der Waals surface area contributed by atoms with Gasteiger partial charge in [0.25, 0.3) is 0 Å². The van der Waals surface area contributed by atoms with Gasteiger partial charge in [0.15, 0.2) is 0 Å². The molecule has 0 fully saturated rings. The third-order valence-corrected chi connectivity index (χ3v) is 3.04. The van der Waals surface area contributed by atoms with Gasteiger partial charge in [0, 0.05) is 18.2 Å². The highest BCUT2D eigenvalue weighted by Gasteiger charge is 2.06. The Balaban J connectivity index is 2.07. The van der Waals surface area contributed by atoms with Crippen molar-refractivity contribution in [3.05, 3.63) is 59.4 Å². The first kappa shape index (κ1) is 15.3. The summed E-state index contributed by atoms with van der Waals surface area (Å²) in [6.45, 7) is 3.48. The molecule has 0 aliphatic carbocycles. The highest BCUT2D eigenvalue weighted by molar-refractivity contribution is 5.40. The van der Waals surface area contributed by atoms with Crippen molar-refractivity contribution < 1.29 is 13.9 Å². The molecule has 0 aliphatic rings. The van der Waals surface area contributed by atoms with Crippen molar-refractivity contribution in [1.82, 2.24) is 0 Å². The average Bonchev–Trinajstić information content (AvgIpc) is 2.52. The maximum atomic E-state index is 12.9. The molecule has 0 aliphatic heterocycles. The molecule has 3 nitrogen and oxygen atoms in total. The van der Waals surface area contributed by atoms with Crippen LogP contribution in [0, 0.1) is 5.82 Å². The molecule has 0 bridgehead atoms. The fourth-order valence-electron chi connectivity index (χ4n) is 1.89. The summed E-state index contributed by atoms with van der Waals surface area (Å²) in [4.78, 5) is 0. The van der Waals surface area contributed by atoms with Crippen LogP contribution >= 0.6 is 0 Å². The molecule has 21 heavy (non-hydrogen) atoms. The molecule has 0 spiro atoms. The van der Waals surface area contributed by atoms with Crippen molar-refractivity contribution in [2.45, 2.75) is 26.5 Å². The van der Waals surface area contributed by atoms with Gasteiger partial charge in [-0.3, -0.25) is 0 Å². The molecular weight excluding hydrogens is 269 g/mol. The summed E-state index contributed by atoms with van der Waals surface area (Å²) < 4.78 is 24.3. The predicted octanol–water partition coefficient (Wildman–Crippen LogP) is 3.65. The fourth-order valence-corrected chi connectivity index (χ4v) is 1.89.